The summed E-state index contributed by atoms with van der Waals surface area (Å²) in [7, 11) is 0. The molecule has 0 bridgehead atoms. The summed E-state index contributed by atoms with van der Waals surface area (Å²) in [4.78, 5) is 24.4. The second-order valence-electron chi connectivity index (χ2n) is 7.71. The number of ether oxygens (including phenoxy) is 2. The molecule has 1 aromatic carbocycles. The van der Waals surface area contributed by atoms with Crippen molar-refractivity contribution in [1.82, 2.24) is 0 Å². The summed E-state index contributed by atoms with van der Waals surface area (Å²) >= 11 is 0. The standard InChI is InChI=1S/C20H30O4/c1-14(2)11-17(12-18(21)24-20(4,5)6)19(22)23-13-16-9-7-15(3)8-10-16/h7-10,14,17H,11-13H2,1-6H3/t17-/m1/s1. The Morgan fingerprint density at radius 1 is 1.08 bits per heavy atom. The molecule has 4 heteroatoms. The molecule has 134 valence electrons. The number of hydrogen-bond donors (Lipinski definition) is 0. The van der Waals surface area contributed by atoms with E-state index in [9.17, 15) is 9.59 Å². The van der Waals surface area contributed by atoms with Gasteiger partial charge in [0.05, 0.1) is 12.3 Å². The first-order valence-electron chi connectivity index (χ1n) is 8.51. The SMILES string of the molecule is Cc1ccc(COC(=O)[C@@H](CC(=O)OC(C)(C)C)CC(C)C)cc1. The van der Waals surface area contributed by atoms with Gasteiger partial charge in [-0.15, -0.1) is 0 Å². The lowest BCUT2D eigenvalue weighted by atomic mass is 9.94. The van der Waals surface area contributed by atoms with Gasteiger partial charge in [0, 0.05) is 0 Å². The van der Waals surface area contributed by atoms with E-state index in [0.29, 0.717) is 12.3 Å². The van der Waals surface area contributed by atoms with Gasteiger partial charge in [-0.25, -0.2) is 0 Å². The monoisotopic (exact) mass is 334 g/mol. The lowest BCUT2D eigenvalue weighted by Crippen LogP contribution is -2.28. The van der Waals surface area contributed by atoms with Crippen molar-refractivity contribution < 1.29 is 19.1 Å². The van der Waals surface area contributed by atoms with Crippen molar-refractivity contribution >= 4 is 11.9 Å². The van der Waals surface area contributed by atoms with E-state index in [1.807, 2.05) is 65.8 Å². The Morgan fingerprint density at radius 2 is 1.67 bits per heavy atom. The van der Waals surface area contributed by atoms with Gasteiger partial charge < -0.3 is 9.47 Å². The van der Waals surface area contributed by atoms with Crippen LogP contribution in [0, 0.1) is 18.8 Å². The summed E-state index contributed by atoms with van der Waals surface area (Å²) in [5.74, 6) is -0.870. The molecular formula is C20H30O4. The zero-order chi connectivity index (χ0) is 18.3. The molecule has 4 nitrogen and oxygen atoms in total. The van der Waals surface area contributed by atoms with Crippen LogP contribution in [0.5, 0.6) is 0 Å². The van der Waals surface area contributed by atoms with Gasteiger partial charge in [0.1, 0.15) is 12.2 Å². The molecule has 0 saturated heterocycles. The molecule has 1 aromatic rings. The molecule has 0 amide bonds. The smallest absolute Gasteiger partial charge is 0.309 e. The van der Waals surface area contributed by atoms with Crippen molar-refractivity contribution in [3.8, 4) is 0 Å². The third kappa shape index (κ3) is 8.14. The van der Waals surface area contributed by atoms with E-state index >= 15 is 0 Å². The molecular weight excluding hydrogens is 304 g/mol. The van der Waals surface area contributed by atoms with Crippen LogP contribution in [0.25, 0.3) is 0 Å². The Labute approximate surface area is 145 Å². The normalized spacial score (nSPS) is 12.8. The van der Waals surface area contributed by atoms with Crippen LogP contribution >= 0.6 is 0 Å². The van der Waals surface area contributed by atoms with E-state index in [4.69, 9.17) is 9.47 Å². The Kier molecular flexibility index (Phi) is 7.46. The largest absolute Gasteiger partial charge is 0.461 e. The number of rotatable bonds is 7. The van der Waals surface area contributed by atoms with Crippen LogP contribution < -0.4 is 0 Å². The van der Waals surface area contributed by atoms with E-state index in [2.05, 4.69) is 0 Å². The maximum Gasteiger partial charge on any atom is 0.309 e. The van der Waals surface area contributed by atoms with Crippen LogP contribution in [0.3, 0.4) is 0 Å². The topological polar surface area (TPSA) is 52.6 Å². The highest BCUT2D eigenvalue weighted by Crippen LogP contribution is 2.20. The Morgan fingerprint density at radius 3 is 2.17 bits per heavy atom. The van der Waals surface area contributed by atoms with E-state index < -0.39 is 11.5 Å². The summed E-state index contributed by atoms with van der Waals surface area (Å²) in [5, 5.41) is 0. The van der Waals surface area contributed by atoms with Crippen LogP contribution in [0.2, 0.25) is 0 Å². The summed E-state index contributed by atoms with van der Waals surface area (Å²) in [5.41, 5.74) is 1.55. The second-order valence-corrected chi connectivity index (χ2v) is 7.71. The average molecular weight is 334 g/mol. The van der Waals surface area contributed by atoms with E-state index in [0.717, 1.165) is 11.1 Å². The second kappa shape index (κ2) is 8.86. The lowest BCUT2D eigenvalue weighted by molar-refractivity contribution is -0.162. The van der Waals surface area contributed by atoms with Gasteiger partial charge in [0.25, 0.3) is 0 Å². The average Bonchev–Trinajstić information content (AvgIpc) is 2.43. The van der Waals surface area contributed by atoms with Crippen LogP contribution in [0.4, 0.5) is 0 Å². The third-order valence-corrected chi connectivity index (χ3v) is 3.42. The molecule has 0 aliphatic heterocycles. The maximum atomic E-state index is 12.4. The van der Waals surface area contributed by atoms with Crippen LogP contribution in [-0.4, -0.2) is 17.5 Å². The highest BCUT2D eigenvalue weighted by atomic mass is 16.6. The zero-order valence-electron chi connectivity index (χ0n) is 15.7. The quantitative estimate of drug-likeness (QED) is 0.692. The zero-order valence-corrected chi connectivity index (χ0v) is 15.7. The highest BCUT2D eigenvalue weighted by molar-refractivity contribution is 5.80. The fourth-order valence-corrected chi connectivity index (χ4v) is 2.37. The van der Waals surface area contributed by atoms with Gasteiger partial charge in [0.15, 0.2) is 0 Å². The first-order valence-corrected chi connectivity index (χ1v) is 8.51. The van der Waals surface area contributed by atoms with Crippen molar-refractivity contribution in [2.45, 2.75) is 66.6 Å². The van der Waals surface area contributed by atoms with E-state index in [-0.39, 0.29) is 25.0 Å². The fourth-order valence-electron chi connectivity index (χ4n) is 2.37. The van der Waals surface area contributed by atoms with Crippen LogP contribution in [0.15, 0.2) is 24.3 Å². The third-order valence-electron chi connectivity index (χ3n) is 3.42. The number of hydrogen-bond acceptors (Lipinski definition) is 4. The molecule has 0 aromatic heterocycles. The minimum Gasteiger partial charge on any atom is -0.461 e. The molecule has 0 fully saturated rings. The molecule has 0 radical (unpaired) electrons. The Balaban J connectivity index is 2.63. The van der Waals surface area contributed by atoms with Crippen LogP contribution in [-0.2, 0) is 25.7 Å². The highest BCUT2D eigenvalue weighted by Gasteiger charge is 2.27. The van der Waals surface area contributed by atoms with Gasteiger partial charge >= 0.3 is 11.9 Å². The van der Waals surface area contributed by atoms with Gasteiger partial charge in [0.2, 0.25) is 0 Å². The number of esters is 2. The van der Waals surface area contributed by atoms with Crippen molar-refractivity contribution in [1.29, 1.82) is 0 Å². The van der Waals surface area contributed by atoms with Crippen LogP contribution in [0.1, 0.15) is 58.6 Å². The van der Waals surface area contributed by atoms with Crippen molar-refractivity contribution in [2.75, 3.05) is 0 Å². The molecule has 0 aliphatic rings. The molecule has 0 aliphatic carbocycles. The summed E-state index contributed by atoms with van der Waals surface area (Å²) in [6.07, 6.45) is 0.661. The predicted octanol–water partition coefficient (Wildman–Crippen LogP) is 4.43. The molecule has 0 spiro atoms. The molecule has 1 atom stereocenters. The molecule has 0 N–H and O–H groups in total. The number of carbonyl (C=O) groups is 2. The summed E-state index contributed by atoms with van der Waals surface area (Å²) in [6, 6.07) is 7.84. The number of benzene rings is 1. The van der Waals surface area contributed by atoms with Crippen molar-refractivity contribution in [3.05, 3.63) is 35.4 Å². The van der Waals surface area contributed by atoms with Crippen molar-refractivity contribution in [3.63, 3.8) is 0 Å². The number of aryl methyl sites for hydroxylation is 1. The predicted molar refractivity (Wildman–Crippen MR) is 94.4 cm³/mol. The molecule has 0 heterocycles. The minimum absolute atomic E-state index is 0.0577. The van der Waals surface area contributed by atoms with Gasteiger partial charge in [-0.3, -0.25) is 9.59 Å². The lowest BCUT2D eigenvalue weighted by Gasteiger charge is -2.22. The summed E-state index contributed by atoms with van der Waals surface area (Å²) in [6.45, 7) is 11.7. The first kappa shape index (κ1) is 20.2. The summed E-state index contributed by atoms with van der Waals surface area (Å²) < 4.78 is 10.7. The molecule has 0 unspecified atom stereocenters. The van der Waals surface area contributed by atoms with Gasteiger partial charge in [-0.2, -0.15) is 0 Å². The van der Waals surface area contributed by atoms with Crippen molar-refractivity contribution in [2.24, 2.45) is 11.8 Å². The fraction of sp³-hybridized carbons (Fsp3) is 0.600. The van der Waals surface area contributed by atoms with Gasteiger partial charge in [-0.05, 0) is 45.6 Å². The first-order chi connectivity index (χ1) is 11.1. The Bertz CT molecular complexity index is 538. The molecule has 1 rings (SSSR count). The Hall–Kier alpha value is -1.84. The molecule has 0 saturated carbocycles. The maximum absolute atomic E-state index is 12.4. The number of carbonyl (C=O) groups excluding carboxylic acids is 2. The van der Waals surface area contributed by atoms with E-state index in [1.165, 1.54) is 0 Å². The van der Waals surface area contributed by atoms with Gasteiger partial charge in [-0.1, -0.05) is 43.7 Å². The minimum atomic E-state index is -0.550. The van der Waals surface area contributed by atoms with E-state index in [1.54, 1.807) is 0 Å². The molecule has 24 heavy (non-hydrogen) atoms.